The smallest absolute Gasteiger partial charge is 0.137 e. The molecule has 0 aliphatic carbocycles. The Morgan fingerprint density at radius 2 is 1.14 bits per heavy atom. The molecule has 0 saturated heterocycles. The van der Waals surface area contributed by atoms with Crippen LogP contribution in [0.15, 0.2) is 176 Å². The van der Waals surface area contributed by atoms with Crippen LogP contribution in [0.25, 0.3) is 66.7 Å². The first-order valence-corrected chi connectivity index (χ1v) is 16.5. The van der Waals surface area contributed by atoms with Crippen LogP contribution in [0, 0.1) is 0 Å². The number of nitrogens with zero attached hydrogens (tertiary/aromatic N) is 5. The number of hydrogen-bond donors (Lipinski definition) is 0. The van der Waals surface area contributed by atoms with Gasteiger partial charge in [0.25, 0.3) is 0 Å². The molecule has 0 saturated carbocycles. The topological polar surface area (TPSA) is 38.9 Å². The molecule has 6 aromatic carbocycles. The first-order valence-electron chi connectivity index (χ1n) is 16.5. The van der Waals surface area contributed by atoms with Gasteiger partial charge in [-0.15, -0.1) is 0 Å². The van der Waals surface area contributed by atoms with Gasteiger partial charge >= 0.3 is 0 Å². The standard InChI is InChI=1S/C44H29N5/c1-2-12-30(13-3-1)31-28-46-47(29-31)32-21-23-38-35-15-5-4-14-34(35)36-16-6-8-18-40(36)48(42(38)26-32)33-22-24-39-37-17-7-9-19-41(37)49(43(39)27-33)44-20-10-11-25-45-44/h1-29H. The Hall–Kier alpha value is -6.72. The van der Waals surface area contributed by atoms with Crippen LogP contribution < -0.4 is 4.90 Å². The summed E-state index contributed by atoms with van der Waals surface area (Å²) in [6.45, 7) is 0. The van der Waals surface area contributed by atoms with Crippen molar-refractivity contribution in [1.29, 1.82) is 0 Å². The summed E-state index contributed by atoms with van der Waals surface area (Å²) in [7, 11) is 0. The second-order valence-electron chi connectivity index (χ2n) is 12.4. The fourth-order valence-corrected chi connectivity index (χ4v) is 7.41. The summed E-state index contributed by atoms with van der Waals surface area (Å²) >= 11 is 0. The minimum absolute atomic E-state index is 0.894. The lowest BCUT2D eigenvalue weighted by Crippen LogP contribution is -2.12. The average Bonchev–Trinajstić information content (AvgIpc) is 3.77. The molecule has 4 heterocycles. The number of para-hydroxylation sites is 2. The lowest BCUT2D eigenvalue weighted by molar-refractivity contribution is 0.880. The Balaban J connectivity index is 1.24. The number of pyridine rings is 1. The Kier molecular flexibility index (Phi) is 6.11. The summed E-state index contributed by atoms with van der Waals surface area (Å²) in [5.41, 5.74) is 13.5. The Morgan fingerprint density at radius 1 is 0.449 bits per heavy atom. The molecule has 0 unspecified atom stereocenters. The third-order valence-corrected chi connectivity index (χ3v) is 9.62. The van der Waals surface area contributed by atoms with Crippen LogP contribution in [0.2, 0.25) is 0 Å². The summed E-state index contributed by atoms with van der Waals surface area (Å²) < 4.78 is 4.25. The molecule has 1 aliphatic heterocycles. The van der Waals surface area contributed by atoms with Crippen molar-refractivity contribution in [2.45, 2.75) is 0 Å². The third-order valence-electron chi connectivity index (χ3n) is 9.62. The molecule has 0 fully saturated rings. The van der Waals surface area contributed by atoms with Gasteiger partial charge in [-0.2, -0.15) is 5.10 Å². The molecule has 0 radical (unpaired) electrons. The van der Waals surface area contributed by atoms with Crippen molar-refractivity contribution in [2.24, 2.45) is 0 Å². The van der Waals surface area contributed by atoms with Crippen LogP contribution in [0.4, 0.5) is 17.1 Å². The van der Waals surface area contributed by atoms with Gasteiger partial charge in [0.1, 0.15) is 5.82 Å². The number of aromatic nitrogens is 4. The summed E-state index contributed by atoms with van der Waals surface area (Å²) in [5, 5.41) is 7.21. The maximum Gasteiger partial charge on any atom is 0.137 e. The molecule has 1 aliphatic rings. The van der Waals surface area contributed by atoms with E-state index in [0.29, 0.717) is 0 Å². The van der Waals surface area contributed by atoms with Gasteiger partial charge in [-0.3, -0.25) is 4.57 Å². The normalized spacial score (nSPS) is 12.0. The van der Waals surface area contributed by atoms with Gasteiger partial charge in [0.15, 0.2) is 0 Å². The quantitative estimate of drug-likeness (QED) is 0.195. The van der Waals surface area contributed by atoms with E-state index in [1.165, 1.54) is 27.5 Å². The predicted octanol–water partition coefficient (Wildman–Crippen LogP) is 11.1. The largest absolute Gasteiger partial charge is 0.309 e. The fraction of sp³-hybridized carbons (Fsp3) is 0. The lowest BCUT2D eigenvalue weighted by atomic mass is 9.94. The van der Waals surface area contributed by atoms with E-state index < -0.39 is 0 Å². The molecule has 0 atom stereocenters. The molecular weight excluding hydrogens is 599 g/mol. The van der Waals surface area contributed by atoms with Crippen LogP contribution in [0.3, 0.4) is 0 Å². The van der Waals surface area contributed by atoms with Crippen LogP contribution in [-0.2, 0) is 0 Å². The average molecular weight is 628 g/mol. The molecule has 5 nitrogen and oxygen atoms in total. The molecule has 0 N–H and O–H groups in total. The van der Waals surface area contributed by atoms with Gasteiger partial charge in [-0.05, 0) is 65.2 Å². The zero-order valence-corrected chi connectivity index (χ0v) is 26.5. The molecule has 9 aromatic rings. The van der Waals surface area contributed by atoms with E-state index in [1.807, 2.05) is 35.3 Å². The predicted molar refractivity (Wildman–Crippen MR) is 200 cm³/mol. The lowest BCUT2D eigenvalue weighted by Gasteiger charge is -2.28. The molecule has 230 valence electrons. The van der Waals surface area contributed by atoms with Crippen molar-refractivity contribution < 1.29 is 0 Å². The highest BCUT2D eigenvalue weighted by molar-refractivity contribution is 6.11. The van der Waals surface area contributed by atoms with E-state index in [-0.39, 0.29) is 0 Å². The van der Waals surface area contributed by atoms with Crippen molar-refractivity contribution in [1.82, 2.24) is 19.3 Å². The van der Waals surface area contributed by atoms with Crippen molar-refractivity contribution in [2.75, 3.05) is 4.90 Å². The van der Waals surface area contributed by atoms with Crippen molar-refractivity contribution in [3.8, 4) is 44.9 Å². The van der Waals surface area contributed by atoms with E-state index in [0.717, 1.165) is 56.3 Å². The molecule has 3 aromatic heterocycles. The Morgan fingerprint density at radius 3 is 1.98 bits per heavy atom. The zero-order valence-electron chi connectivity index (χ0n) is 26.5. The second-order valence-corrected chi connectivity index (χ2v) is 12.4. The monoisotopic (exact) mass is 627 g/mol. The number of anilines is 3. The van der Waals surface area contributed by atoms with Crippen LogP contribution >= 0.6 is 0 Å². The van der Waals surface area contributed by atoms with E-state index in [1.54, 1.807) is 0 Å². The Bertz CT molecular complexity index is 2670. The van der Waals surface area contributed by atoms with Gasteiger partial charge < -0.3 is 4.90 Å². The molecule has 0 spiro atoms. The minimum atomic E-state index is 0.894. The van der Waals surface area contributed by atoms with Crippen LogP contribution in [0.5, 0.6) is 0 Å². The second kappa shape index (κ2) is 10.9. The first kappa shape index (κ1) is 27.4. The maximum atomic E-state index is 4.82. The maximum absolute atomic E-state index is 4.82. The SMILES string of the molecule is c1ccc(-c2cnn(-c3ccc4c(c3)N(c3ccc5c6ccccc6n(-c6ccccn6)c5c3)c3ccccc3-c3ccccc3-4)c2)cc1. The van der Waals surface area contributed by atoms with E-state index >= 15 is 0 Å². The number of fused-ring (bicyclic) bond motifs is 8. The highest BCUT2D eigenvalue weighted by Crippen LogP contribution is 2.51. The van der Waals surface area contributed by atoms with Gasteiger partial charge in [0.05, 0.1) is 34.3 Å². The summed E-state index contributed by atoms with van der Waals surface area (Å²) in [5.74, 6) is 0.894. The minimum Gasteiger partial charge on any atom is -0.309 e. The van der Waals surface area contributed by atoms with Crippen molar-refractivity contribution >= 4 is 38.9 Å². The molecular formula is C44H29N5. The van der Waals surface area contributed by atoms with Gasteiger partial charge in [-0.25, -0.2) is 9.67 Å². The molecule has 0 bridgehead atoms. The highest BCUT2D eigenvalue weighted by atomic mass is 15.3. The summed E-state index contributed by atoms with van der Waals surface area (Å²) in [6.07, 6.45) is 5.91. The van der Waals surface area contributed by atoms with Gasteiger partial charge in [0, 0.05) is 45.5 Å². The summed E-state index contributed by atoms with van der Waals surface area (Å²) in [6, 6.07) is 56.0. The van der Waals surface area contributed by atoms with Gasteiger partial charge in [-0.1, -0.05) is 109 Å². The fourth-order valence-electron chi connectivity index (χ4n) is 7.41. The molecule has 5 heteroatoms. The van der Waals surface area contributed by atoms with Crippen LogP contribution in [-0.4, -0.2) is 19.3 Å². The molecule has 49 heavy (non-hydrogen) atoms. The number of rotatable bonds is 4. The Labute approximate surface area is 283 Å². The number of benzene rings is 6. The summed E-state index contributed by atoms with van der Waals surface area (Å²) in [4.78, 5) is 7.20. The van der Waals surface area contributed by atoms with E-state index in [2.05, 4.69) is 155 Å². The molecule has 0 amide bonds. The number of hydrogen-bond acceptors (Lipinski definition) is 3. The van der Waals surface area contributed by atoms with Gasteiger partial charge in [0.2, 0.25) is 0 Å². The first-order chi connectivity index (χ1) is 24.3. The highest BCUT2D eigenvalue weighted by Gasteiger charge is 2.27. The molecule has 10 rings (SSSR count). The van der Waals surface area contributed by atoms with Crippen LogP contribution in [0.1, 0.15) is 0 Å². The van der Waals surface area contributed by atoms with Crippen molar-refractivity contribution in [3.05, 3.63) is 176 Å². The van der Waals surface area contributed by atoms with E-state index in [4.69, 9.17) is 10.1 Å². The van der Waals surface area contributed by atoms with Crippen molar-refractivity contribution in [3.63, 3.8) is 0 Å². The zero-order chi connectivity index (χ0) is 32.3. The van der Waals surface area contributed by atoms with E-state index in [9.17, 15) is 0 Å². The third kappa shape index (κ3) is 4.33.